The normalized spacial score (nSPS) is 28.0. The Bertz CT molecular complexity index is 717. The number of hydrogen-bond acceptors (Lipinski definition) is 5. The molecule has 0 bridgehead atoms. The number of halogens is 1. The van der Waals surface area contributed by atoms with Crippen LogP contribution in [-0.2, 0) is 9.84 Å². The molecule has 2 aliphatic rings. The summed E-state index contributed by atoms with van der Waals surface area (Å²) in [5.74, 6) is -0.0510. The van der Waals surface area contributed by atoms with Gasteiger partial charge in [0.1, 0.15) is 0 Å². The van der Waals surface area contributed by atoms with E-state index >= 15 is 0 Å². The highest BCUT2D eigenvalue weighted by atomic mass is 32.2. The minimum atomic E-state index is -3.40. The predicted octanol–water partition coefficient (Wildman–Crippen LogP) is 2.46. The Morgan fingerprint density at radius 1 is 1.27 bits per heavy atom. The molecule has 1 heterocycles. The molecule has 1 atom stereocenters. The summed E-state index contributed by atoms with van der Waals surface area (Å²) < 4.78 is 42.7. The Balaban J connectivity index is 1.49. The zero-order valence-electron chi connectivity index (χ0n) is 15.6. The Labute approximate surface area is 155 Å². The average molecular weight is 385 g/mol. The van der Waals surface area contributed by atoms with Gasteiger partial charge >= 0.3 is 0 Å². The SMILES string of the molecule is C[C@@H]1CNCCN1[C@H]1CC[C@H](COc2ccc(S(C)(=O)=O)cc2F)CC1. The first-order valence-corrected chi connectivity index (χ1v) is 11.3. The van der Waals surface area contributed by atoms with Crippen molar-refractivity contribution < 1.29 is 17.5 Å². The number of rotatable bonds is 5. The van der Waals surface area contributed by atoms with Crippen LogP contribution in [0.4, 0.5) is 4.39 Å². The molecule has 2 fully saturated rings. The molecule has 0 spiro atoms. The van der Waals surface area contributed by atoms with Gasteiger partial charge in [0, 0.05) is 38.0 Å². The highest BCUT2D eigenvalue weighted by molar-refractivity contribution is 7.90. The number of nitrogens with zero attached hydrogens (tertiary/aromatic N) is 1. The summed E-state index contributed by atoms with van der Waals surface area (Å²) in [5, 5.41) is 3.43. The molecule has 7 heteroatoms. The van der Waals surface area contributed by atoms with Gasteiger partial charge in [-0.2, -0.15) is 0 Å². The third-order valence-electron chi connectivity index (χ3n) is 5.64. The van der Waals surface area contributed by atoms with Gasteiger partial charge in [-0.3, -0.25) is 4.90 Å². The molecule has 1 N–H and O–H groups in total. The summed E-state index contributed by atoms with van der Waals surface area (Å²) in [5.41, 5.74) is 0. The maximum Gasteiger partial charge on any atom is 0.175 e. The van der Waals surface area contributed by atoms with E-state index < -0.39 is 15.7 Å². The largest absolute Gasteiger partial charge is 0.490 e. The number of ether oxygens (including phenoxy) is 1. The molecule has 0 unspecified atom stereocenters. The minimum Gasteiger partial charge on any atom is -0.490 e. The van der Waals surface area contributed by atoms with Crippen molar-refractivity contribution in [2.24, 2.45) is 5.92 Å². The van der Waals surface area contributed by atoms with Crippen molar-refractivity contribution in [2.45, 2.75) is 49.6 Å². The van der Waals surface area contributed by atoms with Crippen LogP contribution in [0.15, 0.2) is 23.1 Å². The molecule has 146 valence electrons. The highest BCUT2D eigenvalue weighted by Gasteiger charge is 2.30. The van der Waals surface area contributed by atoms with Gasteiger partial charge < -0.3 is 10.1 Å². The van der Waals surface area contributed by atoms with Crippen LogP contribution in [0.3, 0.4) is 0 Å². The molecule has 5 nitrogen and oxygen atoms in total. The predicted molar refractivity (Wildman–Crippen MR) is 99.8 cm³/mol. The van der Waals surface area contributed by atoms with Gasteiger partial charge in [0.05, 0.1) is 11.5 Å². The second-order valence-electron chi connectivity index (χ2n) is 7.64. The van der Waals surface area contributed by atoms with Gasteiger partial charge in [-0.25, -0.2) is 12.8 Å². The lowest BCUT2D eigenvalue weighted by molar-refractivity contribution is 0.0705. The van der Waals surface area contributed by atoms with Crippen molar-refractivity contribution in [3.63, 3.8) is 0 Å². The maximum absolute atomic E-state index is 14.1. The molecule has 1 saturated heterocycles. The number of sulfone groups is 1. The topological polar surface area (TPSA) is 58.6 Å². The molecule has 0 radical (unpaired) electrons. The maximum atomic E-state index is 14.1. The van der Waals surface area contributed by atoms with E-state index in [1.54, 1.807) is 0 Å². The Morgan fingerprint density at radius 3 is 2.62 bits per heavy atom. The van der Waals surface area contributed by atoms with Crippen molar-refractivity contribution in [3.05, 3.63) is 24.0 Å². The quantitative estimate of drug-likeness (QED) is 0.845. The fourth-order valence-corrected chi connectivity index (χ4v) is 4.71. The molecule has 26 heavy (non-hydrogen) atoms. The van der Waals surface area contributed by atoms with Crippen LogP contribution in [0.2, 0.25) is 0 Å². The van der Waals surface area contributed by atoms with Gasteiger partial charge in [0.2, 0.25) is 0 Å². The number of nitrogens with one attached hydrogen (secondary N) is 1. The van der Waals surface area contributed by atoms with Crippen molar-refractivity contribution >= 4 is 9.84 Å². The molecule has 1 aliphatic carbocycles. The van der Waals surface area contributed by atoms with Gasteiger partial charge in [-0.05, 0) is 56.7 Å². The second-order valence-corrected chi connectivity index (χ2v) is 9.66. The summed E-state index contributed by atoms with van der Waals surface area (Å²) in [6.07, 6.45) is 5.57. The van der Waals surface area contributed by atoms with Crippen LogP contribution in [0.5, 0.6) is 5.75 Å². The van der Waals surface area contributed by atoms with E-state index in [0.717, 1.165) is 57.6 Å². The Morgan fingerprint density at radius 2 is 2.00 bits per heavy atom. The minimum absolute atomic E-state index is 0.0204. The molecule has 1 saturated carbocycles. The van der Waals surface area contributed by atoms with Gasteiger partial charge in [-0.1, -0.05) is 0 Å². The van der Waals surface area contributed by atoms with E-state index in [-0.39, 0.29) is 10.6 Å². The van der Waals surface area contributed by atoms with Crippen molar-refractivity contribution in [1.29, 1.82) is 0 Å². The number of benzene rings is 1. The lowest BCUT2D eigenvalue weighted by Gasteiger charge is -2.43. The molecule has 1 aromatic carbocycles. The summed E-state index contributed by atoms with van der Waals surface area (Å²) in [6.45, 7) is 6.01. The fraction of sp³-hybridized carbons (Fsp3) is 0.684. The summed E-state index contributed by atoms with van der Waals surface area (Å²) >= 11 is 0. The fourth-order valence-electron chi connectivity index (χ4n) is 4.08. The Hall–Kier alpha value is -1.18. The zero-order chi connectivity index (χ0) is 18.7. The lowest BCUT2D eigenvalue weighted by atomic mass is 9.85. The smallest absolute Gasteiger partial charge is 0.175 e. The first-order chi connectivity index (χ1) is 12.3. The second kappa shape index (κ2) is 8.23. The number of hydrogen-bond donors (Lipinski definition) is 1. The van der Waals surface area contributed by atoms with Crippen LogP contribution >= 0.6 is 0 Å². The van der Waals surface area contributed by atoms with Gasteiger partial charge in [0.25, 0.3) is 0 Å². The van der Waals surface area contributed by atoms with E-state index in [0.29, 0.717) is 24.6 Å². The standard InChI is InChI=1S/C19H29FN2O3S/c1-14-12-21-9-10-22(14)16-5-3-15(4-6-16)13-25-19-8-7-17(11-18(19)20)26(2,23)24/h7-8,11,14-16,21H,3-6,9-10,12-13H2,1-2H3/t14-,15-,16-/m1/s1. The first kappa shape index (κ1) is 19.6. The highest BCUT2D eigenvalue weighted by Crippen LogP contribution is 2.30. The summed E-state index contributed by atoms with van der Waals surface area (Å²) in [7, 11) is -3.40. The van der Waals surface area contributed by atoms with Crippen LogP contribution in [-0.4, -0.2) is 57.9 Å². The van der Waals surface area contributed by atoms with Crippen LogP contribution in [0.25, 0.3) is 0 Å². The molecule has 1 aromatic rings. The third-order valence-corrected chi connectivity index (χ3v) is 6.75. The van der Waals surface area contributed by atoms with Crippen LogP contribution in [0, 0.1) is 11.7 Å². The van der Waals surface area contributed by atoms with E-state index in [2.05, 4.69) is 17.1 Å². The molecule has 0 aromatic heterocycles. The monoisotopic (exact) mass is 384 g/mol. The Kier molecular flexibility index (Phi) is 6.20. The molecule has 3 rings (SSSR count). The summed E-state index contributed by atoms with van der Waals surface area (Å²) in [6, 6.07) is 5.09. The van der Waals surface area contributed by atoms with Crippen LogP contribution < -0.4 is 10.1 Å². The van der Waals surface area contributed by atoms with E-state index in [9.17, 15) is 12.8 Å². The van der Waals surface area contributed by atoms with E-state index in [1.807, 2.05) is 0 Å². The zero-order valence-corrected chi connectivity index (χ0v) is 16.4. The summed E-state index contributed by atoms with van der Waals surface area (Å²) in [4.78, 5) is 2.60. The van der Waals surface area contributed by atoms with Gasteiger partial charge in [-0.15, -0.1) is 0 Å². The van der Waals surface area contributed by atoms with Gasteiger partial charge in [0.15, 0.2) is 21.4 Å². The van der Waals surface area contributed by atoms with Crippen molar-refractivity contribution in [1.82, 2.24) is 10.2 Å². The van der Waals surface area contributed by atoms with E-state index in [4.69, 9.17) is 4.74 Å². The first-order valence-electron chi connectivity index (χ1n) is 9.43. The molecular weight excluding hydrogens is 355 g/mol. The molecular formula is C19H29FN2O3S. The molecule has 1 aliphatic heterocycles. The third kappa shape index (κ3) is 4.75. The lowest BCUT2D eigenvalue weighted by Crippen LogP contribution is -2.54. The number of piperazine rings is 1. The average Bonchev–Trinajstić information content (AvgIpc) is 2.61. The van der Waals surface area contributed by atoms with Crippen molar-refractivity contribution in [3.8, 4) is 5.75 Å². The molecule has 0 amide bonds. The van der Waals surface area contributed by atoms with Crippen LogP contribution in [0.1, 0.15) is 32.6 Å². The van der Waals surface area contributed by atoms with Crippen molar-refractivity contribution in [2.75, 3.05) is 32.5 Å². The van der Waals surface area contributed by atoms with E-state index in [1.165, 1.54) is 12.1 Å².